The second-order valence-electron chi connectivity index (χ2n) is 16.4. The lowest BCUT2D eigenvalue weighted by atomic mass is 9.90. The minimum absolute atomic E-state index is 0.880. The normalized spacial score (nSPS) is 11.8. The van der Waals surface area contributed by atoms with Gasteiger partial charge in [-0.2, -0.15) is 0 Å². The van der Waals surface area contributed by atoms with Crippen LogP contribution in [0, 0.1) is 0 Å². The average molecular weight is 803 g/mol. The fraction of sp³-hybridized carbons (Fsp3) is 0. The van der Waals surface area contributed by atoms with Crippen LogP contribution >= 0.6 is 0 Å². The van der Waals surface area contributed by atoms with Crippen LogP contribution in [0.25, 0.3) is 121 Å². The van der Waals surface area contributed by atoms with E-state index in [0.29, 0.717) is 0 Å². The fourth-order valence-electron chi connectivity index (χ4n) is 10.1. The van der Waals surface area contributed by atoms with Crippen LogP contribution in [-0.2, 0) is 0 Å². The summed E-state index contributed by atoms with van der Waals surface area (Å²) in [5, 5.41) is 7.05. The third kappa shape index (κ3) is 5.53. The topological polar surface area (TPSA) is 23.0 Å². The van der Waals surface area contributed by atoms with E-state index in [0.717, 1.165) is 55.5 Å². The molecule has 0 spiro atoms. The van der Waals surface area contributed by atoms with E-state index in [1.807, 2.05) is 6.07 Å². The first-order valence-corrected chi connectivity index (χ1v) is 21.6. The van der Waals surface area contributed by atoms with Crippen molar-refractivity contribution >= 4 is 65.6 Å². The van der Waals surface area contributed by atoms with Crippen LogP contribution in [0.4, 0.5) is 0 Å². The van der Waals surface area contributed by atoms with Crippen LogP contribution in [0.15, 0.2) is 235 Å². The summed E-state index contributed by atoms with van der Waals surface area (Å²) in [7, 11) is 0. The molecule has 13 rings (SSSR count). The van der Waals surface area contributed by atoms with Gasteiger partial charge in [0.05, 0.1) is 27.8 Å². The van der Waals surface area contributed by atoms with Crippen LogP contribution in [0.1, 0.15) is 0 Å². The Morgan fingerprint density at radius 3 is 1.63 bits per heavy atom. The predicted molar refractivity (Wildman–Crippen MR) is 264 cm³/mol. The molecule has 3 nitrogen and oxygen atoms in total. The monoisotopic (exact) mass is 802 g/mol. The molecule has 0 bridgehead atoms. The highest BCUT2D eigenvalue weighted by atomic mass is 16.3. The van der Waals surface area contributed by atoms with Gasteiger partial charge in [-0.05, 0) is 87.5 Å². The third-order valence-corrected chi connectivity index (χ3v) is 12.9. The molecule has 10 aromatic carbocycles. The Balaban J connectivity index is 1.15. The van der Waals surface area contributed by atoms with Gasteiger partial charge >= 0.3 is 0 Å². The Bertz CT molecular complexity index is 3900. The SMILES string of the molecule is c1ccc(-c2cccc(-c3ccc4c5ccccc5n(-c5cccc(-c6ccccc6)c5)c4c3-c3ccc4c5ccccc5n(-c5cccc6c5oc5ccccc56)c4c3)c2)cc1. The van der Waals surface area contributed by atoms with Crippen LogP contribution in [-0.4, -0.2) is 9.13 Å². The molecule has 0 unspecified atom stereocenters. The van der Waals surface area contributed by atoms with Crippen LogP contribution in [0.5, 0.6) is 0 Å². The number of hydrogen-bond donors (Lipinski definition) is 0. The molecule has 0 saturated carbocycles. The Hall–Kier alpha value is -8.40. The number of aromatic nitrogens is 2. The largest absolute Gasteiger partial charge is 0.454 e. The van der Waals surface area contributed by atoms with Crippen molar-refractivity contribution in [2.75, 3.05) is 0 Å². The highest BCUT2D eigenvalue weighted by Crippen LogP contribution is 2.46. The van der Waals surface area contributed by atoms with E-state index < -0.39 is 0 Å². The predicted octanol–water partition coefficient (Wildman–Crippen LogP) is 16.4. The highest BCUT2D eigenvalue weighted by molar-refractivity contribution is 6.18. The molecule has 3 heterocycles. The molecule has 0 radical (unpaired) electrons. The van der Waals surface area contributed by atoms with Gasteiger partial charge in [0.2, 0.25) is 0 Å². The zero-order valence-electron chi connectivity index (χ0n) is 34.2. The summed E-state index contributed by atoms with van der Waals surface area (Å²) in [5.41, 5.74) is 17.9. The molecule has 63 heavy (non-hydrogen) atoms. The van der Waals surface area contributed by atoms with Crippen molar-refractivity contribution in [3.05, 3.63) is 231 Å². The highest BCUT2D eigenvalue weighted by Gasteiger charge is 2.23. The van der Waals surface area contributed by atoms with E-state index in [9.17, 15) is 0 Å². The van der Waals surface area contributed by atoms with Crippen molar-refractivity contribution < 1.29 is 4.42 Å². The van der Waals surface area contributed by atoms with Gasteiger partial charge in [-0.3, -0.25) is 0 Å². The first-order chi connectivity index (χ1) is 31.3. The third-order valence-electron chi connectivity index (χ3n) is 12.9. The van der Waals surface area contributed by atoms with E-state index in [4.69, 9.17) is 4.42 Å². The van der Waals surface area contributed by atoms with Crippen molar-refractivity contribution in [3.63, 3.8) is 0 Å². The lowest BCUT2D eigenvalue weighted by Crippen LogP contribution is -1.98. The van der Waals surface area contributed by atoms with E-state index >= 15 is 0 Å². The molecular formula is C60H38N2O. The molecule has 0 atom stereocenters. The Morgan fingerprint density at radius 1 is 0.302 bits per heavy atom. The smallest absolute Gasteiger partial charge is 0.159 e. The summed E-state index contributed by atoms with van der Waals surface area (Å²) in [6.45, 7) is 0. The number of rotatable bonds is 6. The van der Waals surface area contributed by atoms with Crippen LogP contribution in [0.3, 0.4) is 0 Å². The molecule has 3 aromatic heterocycles. The lowest BCUT2D eigenvalue weighted by molar-refractivity contribution is 0.666. The quantitative estimate of drug-likeness (QED) is 0.164. The van der Waals surface area contributed by atoms with Gasteiger partial charge in [0, 0.05) is 43.6 Å². The average Bonchev–Trinajstić information content (AvgIpc) is 4.02. The number of nitrogens with zero attached hydrogens (tertiary/aromatic N) is 2. The van der Waals surface area contributed by atoms with E-state index in [2.05, 4.69) is 234 Å². The summed E-state index contributed by atoms with van der Waals surface area (Å²) in [6, 6.07) is 83.6. The molecule has 13 aromatic rings. The molecule has 0 fully saturated rings. The standard InChI is InChI=1S/C60H38N2O/c1-3-16-39(17-4-1)41-20-13-22-43(36-41)46-34-35-51-48-25-8-10-28-53(48)61(45-23-14-21-42(37-45)40-18-5-2-6-19-40)59(51)58(46)44-32-33-49-47-24-7-11-29-54(47)62(56(49)38-44)55-30-15-27-52-50-26-9-12-31-57(50)63-60(52)55/h1-38H. The number of fused-ring (bicyclic) bond motifs is 9. The van der Waals surface area contributed by atoms with Gasteiger partial charge < -0.3 is 13.6 Å². The molecule has 0 N–H and O–H groups in total. The second-order valence-corrected chi connectivity index (χ2v) is 16.4. The number of hydrogen-bond acceptors (Lipinski definition) is 1. The van der Waals surface area contributed by atoms with Gasteiger partial charge in [-0.15, -0.1) is 0 Å². The van der Waals surface area contributed by atoms with Crippen LogP contribution < -0.4 is 0 Å². The maximum atomic E-state index is 6.72. The second kappa shape index (κ2) is 14.1. The zero-order valence-corrected chi connectivity index (χ0v) is 34.2. The summed E-state index contributed by atoms with van der Waals surface area (Å²) in [6.07, 6.45) is 0. The number of benzene rings is 10. The van der Waals surface area contributed by atoms with Gasteiger partial charge in [0.15, 0.2) is 5.58 Å². The van der Waals surface area contributed by atoms with E-state index in [1.54, 1.807) is 0 Å². The molecule has 0 saturated heterocycles. The summed E-state index contributed by atoms with van der Waals surface area (Å²) < 4.78 is 11.6. The van der Waals surface area contributed by atoms with Crippen molar-refractivity contribution in [1.29, 1.82) is 0 Å². The van der Waals surface area contributed by atoms with Crippen molar-refractivity contribution in [2.24, 2.45) is 0 Å². The van der Waals surface area contributed by atoms with Crippen molar-refractivity contribution in [1.82, 2.24) is 9.13 Å². The number of para-hydroxylation sites is 4. The van der Waals surface area contributed by atoms with Gasteiger partial charge in [-0.1, -0.05) is 182 Å². The Morgan fingerprint density at radius 2 is 0.857 bits per heavy atom. The molecule has 0 aliphatic rings. The van der Waals surface area contributed by atoms with E-state index in [-0.39, 0.29) is 0 Å². The summed E-state index contributed by atoms with van der Waals surface area (Å²) in [4.78, 5) is 0. The lowest BCUT2D eigenvalue weighted by Gasteiger charge is -2.18. The zero-order chi connectivity index (χ0) is 41.4. The van der Waals surface area contributed by atoms with Gasteiger partial charge in [0.25, 0.3) is 0 Å². The van der Waals surface area contributed by atoms with E-state index in [1.165, 1.54) is 66.0 Å². The van der Waals surface area contributed by atoms with Crippen LogP contribution in [0.2, 0.25) is 0 Å². The first-order valence-electron chi connectivity index (χ1n) is 21.6. The van der Waals surface area contributed by atoms with Gasteiger partial charge in [-0.25, -0.2) is 0 Å². The summed E-state index contributed by atoms with van der Waals surface area (Å²) in [5.74, 6) is 0. The van der Waals surface area contributed by atoms with Crippen molar-refractivity contribution in [2.45, 2.75) is 0 Å². The molecule has 0 amide bonds. The minimum Gasteiger partial charge on any atom is -0.454 e. The molecule has 0 aliphatic heterocycles. The molecule has 294 valence electrons. The number of furan rings is 1. The molecule has 3 heteroatoms. The van der Waals surface area contributed by atoms with Gasteiger partial charge in [0.1, 0.15) is 5.58 Å². The Kier molecular flexibility index (Phi) is 7.91. The fourth-order valence-corrected chi connectivity index (χ4v) is 10.1. The molecular weight excluding hydrogens is 765 g/mol. The van der Waals surface area contributed by atoms with Crippen molar-refractivity contribution in [3.8, 4) is 55.9 Å². The maximum Gasteiger partial charge on any atom is 0.159 e. The maximum absolute atomic E-state index is 6.72. The minimum atomic E-state index is 0.880. The summed E-state index contributed by atoms with van der Waals surface area (Å²) >= 11 is 0. The first kappa shape index (κ1) is 35.4. The Labute approximate surface area is 363 Å². The molecule has 0 aliphatic carbocycles.